The van der Waals surface area contributed by atoms with Gasteiger partial charge in [0.05, 0.1) is 19.4 Å². The Hall–Kier alpha value is -3.25. The zero-order valence-electron chi connectivity index (χ0n) is 18.6. The Bertz CT molecular complexity index is 1160. The minimum atomic E-state index is -0.740. The number of methoxy groups -OCH3 is 2. The molecule has 0 bridgehead atoms. The first-order valence-corrected chi connectivity index (χ1v) is 11.3. The molecule has 3 unspecified atom stereocenters. The topological polar surface area (TPSA) is 154 Å². The fourth-order valence-electron chi connectivity index (χ4n) is 4.59. The highest BCUT2D eigenvalue weighted by Crippen LogP contribution is 2.61. The van der Waals surface area contributed by atoms with Gasteiger partial charge in [0.25, 0.3) is 5.91 Å². The van der Waals surface area contributed by atoms with E-state index < -0.39 is 11.5 Å². The van der Waals surface area contributed by atoms with Gasteiger partial charge in [0.2, 0.25) is 16.0 Å². The van der Waals surface area contributed by atoms with Crippen molar-refractivity contribution in [3.05, 3.63) is 34.5 Å². The van der Waals surface area contributed by atoms with Gasteiger partial charge < -0.3 is 24.9 Å². The lowest BCUT2D eigenvalue weighted by Crippen LogP contribution is -2.63. The maximum absolute atomic E-state index is 12.7. The molecule has 0 spiro atoms. The summed E-state index contributed by atoms with van der Waals surface area (Å²) >= 11 is 1.07. The number of aromatic nitrogens is 2. The molecule has 2 aromatic heterocycles. The number of nitrogens with one attached hydrogen (secondary N) is 2. The van der Waals surface area contributed by atoms with E-state index in [-0.39, 0.29) is 28.1 Å². The first-order valence-electron chi connectivity index (χ1n) is 10.4. The number of nitrogens with zero attached hydrogens (tertiary/aromatic N) is 3. The van der Waals surface area contributed by atoms with Gasteiger partial charge in [0.15, 0.2) is 5.76 Å². The summed E-state index contributed by atoms with van der Waals surface area (Å²) in [7, 11) is 3.11. The molecule has 4 rings (SSSR count). The molecule has 33 heavy (non-hydrogen) atoms. The number of ether oxygens (including phenoxy) is 2. The van der Waals surface area contributed by atoms with Crippen molar-refractivity contribution in [1.29, 1.82) is 0 Å². The van der Waals surface area contributed by atoms with Crippen LogP contribution >= 0.6 is 11.3 Å². The predicted octanol–water partition coefficient (Wildman–Crippen LogP) is 2.54. The summed E-state index contributed by atoms with van der Waals surface area (Å²) in [4.78, 5) is 29.4. The fourth-order valence-corrected chi connectivity index (χ4v) is 5.26. The van der Waals surface area contributed by atoms with Gasteiger partial charge >= 0.3 is 5.63 Å². The molecule has 12 heteroatoms. The van der Waals surface area contributed by atoms with Gasteiger partial charge in [-0.15, -0.1) is 10.2 Å². The predicted molar refractivity (Wildman–Crippen MR) is 125 cm³/mol. The highest BCUT2D eigenvalue weighted by atomic mass is 32.1. The second-order valence-corrected chi connectivity index (χ2v) is 9.15. The molecule has 2 aromatic rings. The number of carbonyl (C=O) groups is 1. The van der Waals surface area contributed by atoms with Gasteiger partial charge in [0.1, 0.15) is 0 Å². The largest absolute Gasteiger partial charge is 0.488 e. The van der Waals surface area contributed by atoms with Crippen molar-refractivity contribution in [1.82, 2.24) is 10.2 Å². The molecule has 2 fully saturated rings. The lowest BCUT2D eigenvalue weighted by molar-refractivity contribution is -0.130. The molecule has 4 N–H and O–H groups in total. The maximum Gasteiger partial charge on any atom is 0.381 e. The SMILES string of the molecule is COCC12CCC1C(Nc1cc(C(=O)Nc3nnc(N=C(C)C=CN)s3)oc(=O)c1OC)C2. The minimum absolute atomic E-state index is 0.0334. The van der Waals surface area contributed by atoms with Crippen LogP contribution in [0.4, 0.5) is 16.0 Å². The van der Waals surface area contributed by atoms with Crippen molar-refractivity contribution >= 4 is 38.9 Å². The number of allylic oxidation sites excluding steroid dienone is 1. The van der Waals surface area contributed by atoms with Crippen LogP contribution in [0.25, 0.3) is 0 Å². The van der Waals surface area contributed by atoms with E-state index in [2.05, 4.69) is 25.8 Å². The molecule has 1 amide bonds. The van der Waals surface area contributed by atoms with Crippen molar-refractivity contribution in [3.63, 3.8) is 0 Å². The summed E-state index contributed by atoms with van der Waals surface area (Å²) in [5, 5.41) is 14.3. The van der Waals surface area contributed by atoms with Gasteiger partial charge in [-0.25, -0.2) is 9.79 Å². The number of rotatable bonds is 9. The van der Waals surface area contributed by atoms with Crippen LogP contribution in [0.3, 0.4) is 0 Å². The lowest BCUT2D eigenvalue weighted by atomic mass is 9.45. The van der Waals surface area contributed by atoms with Gasteiger partial charge in [-0.3, -0.25) is 10.1 Å². The Kier molecular flexibility index (Phi) is 6.47. The average molecular weight is 475 g/mol. The number of nitrogens with two attached hydrogens (primary N) is 1. The summed E-state index contributed by atoms with van der Waals surface area (Å²) in [6.45, 7) is 2.49. The van der Waals surface area contributed by atoms with E-state index in [0.717, 1.165) is 37.2 Å². The lowest BCUT2D eigenvalue weighted by Gasteiger charge is -2.63. The Morgan fingerprint density at radius 1 is 1.45 bits per heavy atom. The number of aliphatic imine (C=N–C) groups is 1. The van der Waals surface area contributed by atoms with E-state index >= 15 is 0 Å². The van der Waals surface area contributed by atoms with E-state index in [1.807, 2.05) is 0 Å². The Balaban J connectivity index is 1.49. The van der Waals surface area contributed by atoms with Crippen LogP contribution < -0.4 is 26.7 Å². The van der Waals surface area contributed by atoms with Crippen molar-refractivity contribution in [2.24, 2.45) is 22.1 Å². The van der Waals surface area contributed by atoms with Crippen molar-refractivity contribution < 1.29 is 18.7 Å². The molecule has 2 saturated carbocycles. The van der Waals surface area contributed by atoms with Gasteiger partial charge in [-0.1, -0.05) is 11.3 Å². The first-order chi connectivity index (χ1) is 15.9. The van der Waals surface area contributed by atoms with Gasteiger partial charge in [-0.2, -0.15) is 0 Å². The Morgan fingerprint density at radius 2 is 2.27 bits per heavy atom. The monoisotopic (exact) mass is 474 g/mol. The van der Waals surface area contributed by atoms with E-state index in [9.17, 15) is 9.59 Å². The molecule has 2 heterocycles. The smallest absolute Gasteiger partial charge is 0.381 e. The second-order valence-electron chi connectivity index (χ2n) is 8.20. The van der Waals surface area contributed by atoms with Crippen LogP contribution in [0.2, 0.25) is 0 Å². The number of amides is 1. The molecule has 2 aliphatic rings. The van der Waals surface area contributed by atoms with Crippen molar-refractivity contribution in [3.8, 4) is 5.75 Å². The normalized spacial score (nSPS) is 24.0. The number of hydrogen-bond acceptors (Lipinski definition) is 11. The summed E-state index contributed by atoms with van der Waals surface area (Å²) in [6.07, 6.45) is 6.16. The van der Waals surface area contributed by atoms with Gasteiger partial charge in [-0.05, 0) is 44.4 Å². The second kappa shape index (κ2) is 9.32. The molecule has 0 saturated heterocycles. The van der Waals surface area contributed by atoms with E-state index in [0.29, 0.717) is 22.4 Å². The summed E-state index contributed by atoms with van der Waals surface area (Å²) in [5.41, 5.74) is 5.88. The summed E-state index contributed by atoms with van der Waals surface area (Å²) < 4.78 is 15.8. The zero-order valence-corrected chi connectivity index (χ0v) is 19.4. The molecular weight excluding hydrogens is 448 g/mol. The van der Waals surface area contributed by atoms with Crippen LogP contribution in [0.5, 0.6) is 5.75 Å². The fraction of sp³-hybridized carbons (Fsp3) is 0.476. The molecule has 11 nitrogen and oxygen atoms in total. The molecule has 2 aliphatic carbocycles. The molecule has 3 atom stereocenters. The third-order valence-corrected chi connectivity index (χ3v) is 6.94. The average Bonchev–Trinajstić information content (AvgIpc) is 3.19. The molecule has 0 radical (unpaired) electrons. The molecule has 0 aromatic carbocycles. The highest BCUT2D eigenvalue weighted by molar-refractivity contribution is 7.18. The Morgan fingerprint density at radius 3 is 2.91 bits per heavy atom. The number of anilines is 2. The number of hydrogen-bond donors (Lipinski definition) is 3. The van der Waals surface area contributed by atoms with Crippen LogP contribution in [-0.4, -0.2) is 48.7 Å². The van der Waals surface area contributed by atoms with Crippen molar-refractivity contribution in [2.45, 2.75) is 32.2 Å². The summed E-state index contributed by atoms with van der Waals surface area (Å²) in [6, 6.07) is 1.65. The van der Waals surface area contributed by atoms with Gasteiger partial charge in [0, 0.05) is 30.3 Å². The van der Waals surface area contributed by atoms with E-state index in [1.54, 1.807) is 20.1 Å². The van der Waals surface area contributed by atoms with E-state index in [4.69, 9.17) is 19.6 Å². The third-order valence-electron chi connectivity index (χ3n) is 6.20. The van der Waals surface area contributed by atoms with Crippen LogP contribution in [0, 0.1) is 11.3 Å². The molecular formula is C21H26N6O5S. The maximum atomic E-state index is 12.7. The number of fused-ring (bicyclic) bond motifs is 1. The summed E-state index contributed by atoms with van der Waals surface area (Å²) in [5.74, 6) is -0.299. The number of carbonyl (C=O) groups excluding carboxylic acids is 1. The standard InChI is InChI=1S/C21H26N6O5S/c1-11(5-7-22)23-19-26-27-20(33-19)25-17(28)15-8-13(16(31-3)18(29)32-15)24-14-9-21(10-30-2)6-4-12(14)21/h5,7-8,12,14,24H,4,6,9-10,22H2,1-3H3,(H,25,27,28). The quantitative estimate of drug-likeness (QED) is 0.465. The van der Waals surface area contributed by atoms with Crippen LogP contribution in [0.15, 0.2) is 32.5 Å². The highest BCUT2D eigenvalue weighted by Gasteiger charge is 2.59. The van der Waals surface area contributed by atoms with Crippen LogP contribution in [-0.2, 0) is 4.74 Å². The molecule has 0 aliphatic heterocycles. The third kappa shape index (κ3) is 4.48. The van der Waals surface area contributed by atoms with E-state index in [1.165, 1.54) is 19.4 Å². The first kappa shape index (κ1) is 22.9. The minimum Gasteiger partial charge on any atom is -0.488 e. The van der Waals surface area contributed by atoms with Crippen LogP contribution in [0.1, 0.15) is 36.7 Å². The zero-order chi connectivity index (χ0) is 23.6. The van der Waals surface area contributed by atoms with Crippen molar-refractivity contribution in [2.75, 3.05) is 31.5 Å². The Labute approximate surface area is 194 Å². The molecule has 176 valence electrons.